The number of nitrogens with zero attached hydrogens (tertiary/aromatic N) is 1. The SMILES string of the molecule is NCC1(CCc2ccccc2[N+](=O)[O-])CCC1. The van der Waals surface area contributed by atoms with Gasteiger partial charge in [-0.15, -0.1) is 0 Å². The summed E-state index contributed by atoms with van der Waals surface area (Å²) in [5, 5.41) is 10.9. The van der Waals surface area contributed by atoms with E-state index < -0.39 is 0 Å². The van der Waals surface area contributed by atoms with Gasteiger partial charge in [0.2, 0.25) is 0 Å². The third-order valence-corrected chi connectivity index (χ3v) is 3.96. The number of hydrogen-bond acceptors (Lipinski definition) is 3. The minimum absolute atomic E-state index is 0.235. The molecule has 0 radical (unpaired) electrons. The first-order valence-electron chi connectivity index (χ1n) is 6.09. The molecule has 2 rings (SSSR count). The monoisotopic (exact) mass is 234 g/mol. The number of hydrogen-bond donors (Lipinski definition) is 1. The Labute approximate surface area is 101 Å². The summed E-state index contributed by atoms with van der Waals surface area (Å²) in [6.45, 7) is 0.702. The van der Waals surface area contributed by atoms with E-state index in [4.69, 9.17) is 5.73 Å². The number of benzene rings is 1. The van der Waals surface area contributed by atoms with Gasteiger partial charge in [-0.2, -0.15) is 0 Å². The molecule has 0 unspecified atom stereocenters. The van der Waals surface area contributed by atoms with Crippen LogP contribution >= 0.6 is 0 Å². The average molecular weight is 234 g/mol. The van der Waals surface area contributed by atoms with Gasteiger partial charge in [-0.1, -0.05) is 24.6 Å². The molecular formula is C13H18N2O2. The second-order valence-electron chi connectivity index (χ2n) is 4.94. The number of rotatable bonds is 5. The molecule has 0 saturated heterocycles. The van der Waals surface area contributed by atoms with E-state index in [2.05, 4.69) is 0 Å². The van der Waals surface area contributed by atoms with Crippen molar-refractivity contribution < 1.29 is 4.92 Å². The van der Waals surface area contributed by atoms with Crippen molar-refractivity contribution in [3.8, 4) is 0 Å². The Morgan fingerprint density at radius 2 is 2.06 bits per heavy atom. The molecule has 0 atom stereocenters. The fourth-order valence-corrected chi connectivity index (χ4v) is 2.53. The van der Waals surface area contributed by atoms with Crippen LogP contribution < -0.4 is 5.73 Å². The van der Waals surface area contributed by atoms with Gasteiger partial charge in [-0.25, -0.2) is 0 Å². The molecule has 2 N–H and O–H groups in total. The molecule has 1 saturated carbocycles. The summed E-state index contributed by atoms with van der Waals surface area (Å²) < 4.78 is 0. The summed E-state index contributed by atoms with van der Waals surface area (Å²) in [6, 6.07) is 6.99. The van der Waals surface area contributed by atoms with Crippen LogP contribution in [0, 0.1) is 15.5 Å². The molecule has 1 aromatic rings. The molecule has 4 nitrogen and oxygen atoms in total. The largest absolute Gasteiger partial charge is 0.330 e. The summed E-state index contributed by atoms with van der Waals surface area (Å²) >= 11 is 0. The average Bonchev–Trinajstić information content (AvgIpc) is 2.28. The third-order valence-electron chi connectivity index (χ3n) is 3.96. The molecule has 4 heteroatoms. The minimum atomic E-state index is -0.300. The quantitative estimate of drug-likeness (QED) is 0.629. The van der Waals surface area contributed by atoms with Crippen molar-refractivity contribution in [3.63, 3.8) is 0 Å². The highest BCUT2D eigenvalue weighted by Gasteiger charge is 2.35. The van der Waals surface area contributed by atoms with E-state index in [0.717, 1.165) is 18.4 Å². The van der Waals surface area contributed by atoms with Crippen LogP contribution in [0.1, 0.15) is 31.2 Å². The van der Waals surface area contributed by atoms with Gasteiger partial charge >= 0.3 is 0 Å². The smallest absolute Gasteiger partial charge is 0.272 e. The van der Waals surface area contributed by atoms with Crippen LogP contribution in [0.5, 0.6) is 0 Å². The third kappa shape index (κ3) is 2.47. The molecule has 0 aromatic heterocycles. The van der Waals surface area contributed by atoms with E-state index >= 15 is 0 Å². The van der Waals surface area contributed by atoms with Gasteiger partial charge < -0.3 is 5.73 Å². The van der Waals surface area contributed by atoms with Gasteiger partial charge in [0.1, 0.15) is 0 Å². The van der Waals surface area contributed by atoms with Crippen LogP contribution in [0.2, 0.25) is 0 Å². The summed E-state index contributed by atoms with van der Waals surface area (Å²) in [6.07, 6.45) is 5.31. The van der Waals surface area contributed by atoms with E-state index in [1.165, 1.54) is 19.3 Å². The lowest BCUT2D eigenvalue weighted by molar-refractivity contribution is -0.385. The maximum Gasteiger partial charge on any atom is 0.272 e. The molecule has 0 aliphatic heterocycles. The molecule has 1 aliphatic carbocycles. The second kappa shape index (κ2) is 4.84. The molecule has 17 heavy (non-hydrogen) atoms. The van der Waals surface area contributed by atoms with Crippen molar-refractivity contribution in [2.45, 2.75) is 32.1 Å². The highest BCUT2D eigenvalue weighted by Crippen LogP contribution is 2.44. The van der Waals surface area contributed by atoms with Crippen LogP contribution in [0.3, 0.4) is 0 Å². The van der Waals surface area contributed by atoms with Gasteiger partial charge in [0.25, 0.3) is 5.69 Å². The molecule has 0 spiro atoms. The number of nitro groups is 1. The van der Waals surface area contributed by atoms with Crippen molar-refractivity contribution in [1.29, 1.82) is 0 Å². The molecule has 1 aromatic carbocycles. The highest BCUT2D eigenvalue weighted by atomic mass is 16.6. The van der Waals surface area contributed by atoms with Gasteiger partial charge in [-0.3, -0.25) is 10.1 Å². The lowest BCUT2D eigenvalue weighted by atomic mass is 9.66. The van der Waals surface area contributed by atoms with Gasteiger partial charge in [0, 0.05) is 11.6 Å². The fraction of sp³-hybridized carbons (Fsp3) is 0.538. The van der Waals surface area contributed by atoms with Crippen LogP contribution in [0.25, 0.3) is 0 Å². The number of para-hydroxylation sites is 1. The minimum Gasteiger partial charge on any atom is -0.330 e. The molecule has 1 aliphatic rings. The Kier molecular flexibility index (Phi) is 3.43. The van der Waals surface area contributed by atoms with Crippen molar-refractivity contribution in [1.82, 2.24) is 0 Å². The summed E-state index contributed by atoms with van der Waals surface area (Å²) in [5.41, 5.74) is 7.12. The van der Waals surface area contributed by atoms with E-state index in [0.29, 0.717) is 6.54 Å². The Bertz CT molecular complexity index is 408. The molecule has 92 valence electrons. The first-order valence-corrected chi connectivity index (χ1v) is 6.09. The summed E-state index contributed by atoms with van der Waals surface area (Å²) in [7, 11) is 0. The van der Waals surface area contributed by atoms with Crippen LogP contribution in [-0.2, 0) is 6.42 Å². The van der Waals surface area contributed by atoms with Gasteiger partial charge in [-0.05, 0) is 37.6 Å². The Morgan fingerprint density at radius 3 is 2.59 bits per heavy atom. The summed E-state index contributed by atoms with van der Waals surface area (Å²) in [5.74, 6) is 0. The van der Waals surface area contributed by atoms with E-state index in [1.807, 2.05) is 12.1 Å². The number of aryl methyl sites for hydroxylation is 1. The zero-order chi connectivity index (χ0) is 12.3. The molecule has 0 amide bonds. The first-order chi connectivity index (χ1) is 8.17. The van der Waals surface area contributed by atoms with Crippen LogP contribution in [0.15, 0.2) is 24.3 Å². The Morgan fingerprint density at radius 1 is 1.35 bits per heavy atom. The Hall–Kier alpha value is -1.42. The predicted octanol–water partition coefficient (Wildman–Crippen LogP) is 2.66. The fourth-order valence-electron chi connectivity index (χ4n) is 2.53. The van der Waals surface area contributed by atoms with Crippen LogP contribution in [-0.4, -0.2) is 11.5 Å². The molecular weight excluding hydrogens is 216 g/mol. The topological polar surface area (TPSA) is 69.2 Å². The van der Waals surface area contributed by atoms with E-state index in [-0.39, 0.29) is 16.0 Å². The van der Waals surface area contributed by atoms with Crippen LogP contribution in [0.4, 0.5) is 5.69 Å². The predicted molar refractivity (Wildman–Crippen MR) is 66.8 cm³/mol. The maximum atomic E-state index is 10.9. The van der Waals surface area contributed by atoms with Crippen molar-refractivity contribution >= 4 is 5.69 Å². The van der Waals surface area contributed by atoms with E-state index in [1.54, 1.807) is 12.1 Å². The Balaban J connectivity index is 2.06. The standard InChI is InChI=1S/C13H18N2O2/c14-10-13(7-3-8-13)9-6-11-4-1-2-5-12(11)15(16)17/h1-2,4-5H,3,6-10,14H2. The van der Waals surface area contributed by atoms with E-state index in [9.17, 15) is 10.1 Å². The zero-order valence-corrected chi connectivity index (χ0v) is 9.89. The molecule has 0 bridgehead atoms. The van der Waals surface area contributed by atoms with Crippen molar-refractivity contribution in [3.05, 3.63) is 39.9 Å². The molecule has 0 heterocycles. The summed E-state index contributed by atoms with van der Waals surface area (Å²) in [4.78, 5) is 10.6. The number of nitrogens with two attached hydrogens (primary N) is 1. The maximum absolute atomic E-state index is 10.9. The lowest BCUT2D eigenvalue weighted by Gasteiger charge is -2.41. The highest BCUT2D eigenvalue weighted by molar-refractivity contribution is 5.39. The van der Waals surface area contributed by atoms with Crippen molar-refractivity contribution in [2.75, 3.05) is 6.54 Å². The molecule has 1 fully saturated rings. The van der Waals surface area contributed by atoms with Crippen molar-refractivity contribution in [2.24, 2.45) is 11.1 Å². The second-order valence-corrected chi connectivity index (χ2v) is 4.94. The normalized spacial score (nSPS) is 17.5. The van der Waals surface area contributed by atoms with Gasteiger partial charge in [0.15, 0.2) is 0 Å². The lowest BCUT2D eigenvalue weighted by Crippen LogP contribution is -2.37. The van der Waals surface area contributed by atoms with Gasteiger partial charge in [0.05, 0.1) is 4.92 Å². The zero-order valence-electron chi connectivity index (χ0n) is 9.89. The number of nitro benzene ring substituents is 1. The first kappa shape index (κ1) is 12.0.